The molecule has 2 fully saturated rings. The number of hydrogen-bond donors (Lipinski definition) is 2. The fourth-order valence-corrected chi connectivity index (χ4v) is 5.66. The van der Waals surface area contributed by atoms with Gasteiger partial charge in [0, 0.05) is 4.75 Å². The smallest absolute Gasteiger partial charge is 0.327 e. The molecule has 0 saturated carbocycles. The minimum atomic E-state index is -1.85. The maximum atomic E-state index is 13.1. The number of carboxylic acid groups (broad SMARTS) is 1. The first kappa shape index (κ1) is 21.0. The molecule has 156 valence electrons. The SMILES string of the molecule is COc1cccc(OC)c1C(=O)N[C@@]1(C(C)=O)C(=O)N2[C@@H](C(=O)O)C(C)(C)S[C@@H]21. The average Bonchev–Trinajstić information content (AvgIpc) is 2.93. The van der Waals surface area contributed by atoms with Gasteiger partial charge in [-0.2, -0.15) is 0 Å². The van der Waals surface area contributed by atoms with Crippen molar-refractivity contribution in [1.82, 2.24) is 10.2 Å². The molecule has 2 saturated heterocycles. The van der Waals surface area contributed by atoms with E-state index >= 15 is 0 Å². The summed E-state index contributed by atoms with van der Waals surface area (Å²) in [4.78, 5) is 51.6. The fraction of sp³-hybridized carbons (Fsp3) is 0.474. The number of ether oxygens (including phenoxy) is 2. The van der Waals surface area contributed by atoms with E-state index in [0.717, 1.165) is 4.90 Å². The quantitative estimate of drug-likeness (QED) is 0.512. The monoisotopic (exact) mass is 422 g/mol. The van der Waals surface area contributed by atoms with E-state index in [0.29, 0.717) is 0 Å². The van der Waals surface area contributed by atoms with Gasteiger partial charge in [-0.3, -0.25) is 14.4 Å². The Labute approximate surface area is 171 Å². The van der Waals surface area contributed by atoms with E-state index in [1.54, 1.807) is 32.0 Å². The molecule has 2 heterocycles. The number of rotatable bonds is 6. The number of aliphatic carboxylic acids is 1. The average molecular weight is 422 g/mol. The maximum absolute atomic E-state index is 13.1. The van der Waals surface area contributed by atoms with Crippen LogP contribution < -0.4 is 14.8 Å². The number of carbonyl (C=O) groups is 4. The van der Waals surface area contributed by atoms with E-state index in [-0.39, 0.29) is 17.1 Å². The van der Waals surface area contributed by atoms with Crippen LogP contribution in [0.15, 0.2) is 18.2 Å². The first-order chi connectivity index (χ1) is 13.5. The van der Waals surface area contributed by atoms with Crippen molar-refractivity contribution >= 4 is 35.3 Å². The molecular formula is C19H22N2O7S. The van der Waals surface area contributed by atoms with Gasteiger partial charge < -0.3 is 24.8 Å². The molecule has 9 nitrogen and oxygen atoms in total. The molecule has 2 aliphatic rings. The summed E-state index contributed by atoms with van der Waals surface area (Å²) in [6, 6.07) is 3.65. The van der Waals surface area contributed by atoms with Gasteiger partial charge >= 0.3 is 5.97 Å². The van der Waals surface area contributed by atoms with Crippen molar-refractivity contribution in [2.45, 2.75) is 42.5 Å². The molecule has 10 heteroatoms. The van der Waals surface area contributed by atoms with Crippen LogP contribution in [0.1, 0.15) is 31.1 Å². The standard InChI is InChI=1S/C19H22N2O7S/c1-9(22)19(16(26)21-13(15(24)25)18(2,3)29-17(19)21)20-14(23)12-10(27-4)7-6-8-11(12)28-5/h6-8,13,17H,1-5H3,(H,20,23)(H,24,25)/t13-,17+,19-/m0/s1. The molecule has 0 spiro atoms. The van der Waals surface area contributed by atoms with Crippen LogP contribution in [-0.2, 0) is 14.4 Å². The van der Waals surface area contributed by atoms with Gasteiger partial charge in [0.1, 0.15) is 28.5 Å². The van der Waals surface area contributed by atoms with Crippen LogP contribution in [0.4, 0.5) is 0 Å². The van der Waals surface area contributed by atoms with Crippen molar-refractivity contribution in [3.63, 3.8) is 0 Å². The number of thioether (sulfide) groups is 1. The Morgan fingerprint density at radius 1 is 1.17 bits per heavy atom. The van der Waals surface area contributed by atoms with E-state index in [9.17, 15) is 24.3 Å². The third-order valence-electron chi connectivity index (χ3n) is 5.30. The summed E-state index contributed by atoms with van der Waals surface area (Å²) in [6.45, 7) is 4.59. The zero-order valence-corrected chi connectivity index (χ0v) is 17.5. The lowest BCUT2D eigenvalue weighted by molar-refractivity contribution is -0.170. The third kappa shape index (κ3) is 2.85. The number of hydrogen-bond acceptors (Lipinski definition) is 7. The summed E-state index contributed by atoms with van der Waals surface area (Å²) >= 11 is 1.18. The second-order valence-corrected chi connectivity index (χ2v) is 9.12. The summed E-state index contributed by atoms with van der Waals surface area (Å²) in [6.07, 6.45) is 0. The molecule has 3 rings (SSSR count). The number of β-lactam (4-membered cyclic amide) rings is 1. The molecule has 0 bridgehead atoms. The van der Waals surface area contributed by atoms with Crippen molar-refractivity contribution in [2.24, 2.45) is 0 Å². The number of carboxylic acids is 1. The highest BCUT2D eigenvalue weighted by atomic mass is 32.2. The highest BCUT2D eigenvalue weighted by Crippen LogP contribution is 2.55. The summed E-state index contributed by atoms with van der Waals surface area (Å²) in [5, 5.41) is 11.3. The Kier molecular flexibility index (Phi) is 5.02. The molecule has 2 N–H and O–H groups in total. The van der Waals surface area contributed by atoms with Crippen molar-refractivity contribution in [3.8, 4) is 11.5 Å². The number of Topliss-reactive ketones (excluding diaryl/α,β-unsaturated/α-hetero) is 1. The first-order valence-electron chi connectivity index (χ1n) is 8.80. The number of fused-ring (bicyclic) bond motifs is 1. The van der Waals surface area contributed by atoms with E-state index < -0.39 is 45.3 Å². The molecule has 2 aliphatic heterocycles. The minimum Gasteiger partial charge on any atom is -0.496 e. The van der Waals surface area contributed by atoms with E-state index in [2.05, 4.69) is 5.32 Å². The summed E-state index contributed by atoms with van der Waals surface area (Å²) in [5.74, 6) is -2.75. The Hall–Kier alpha value is -2.75. The van der Waals surface area contributed by atoms with Crippen LogP contribution in [-0.4, -0.2) is 69.5 Å². The van der Waals surface area contributed by atoms with Crippen LogP contribution in [0, 0.1) is 0 Å². The minimum absolute atomic E-state index is 0.0430. The Balaban J connectivity index is 2.02. The van der Waals surface area contributed by atoms with Gasteiger partial charge in [-0.15, -0.1) is 11.8 Å². The van der Waals surface area contributed by atoms with Gasteiger partial charge in [0.2, 0.25) is 5.54 Å². The van der Waals surface area contributed by atoms with E-state index in [1.165, 1.54) is 32.9 Å². The van der Waals surface area contributed by atoms with Crippen molar-refractivity contribution in [1.29, 1.82) is 0 Å². The summed E-state index contributed by atoms with van der Waals surface area (Å²) in [7, 11) is 2.77. The largest absolute Gasteiger partial charge is 0.496 e. The zero-order valence-electron chi connectivity index (χ0n) is 16.6. The second-order valence-electron chi connectivity index (χ2n) is 7.38. The molecule has 0 unspecified atom stereocenters. The molecule has 29 heavy (non-hydrogen) atoms. The van der Waals surface area contributed by atoms with Crippen LogP contribution in [0.2, 0.25) is 0 Å². The molecule has 1 aromatic rings. The predicted molar refractivity (Wildman–Crippen MR) is 104 cm³/mol. The van der Waals surface area contributed by atoms with Gasteiger partial charge in [0.15, 0.2) is 5.78 Å². The van der Waals surface area contributed by atoms with Gasteiger partial charge in [0.25, 0.3) is 11.8 Å². The number of nitrogens with one attached hydrogen (secondary N) is 1. The van der Waals surface area contributed by atoms with Crippen LogP contribution in [0.5, 0.6) is 11.5 Å². The van der Waals surface area contributed by atoms with Crippen LogP contribution >= 0.6 is 11.8 Å². The number of nitrogens with zero attached hydrogens (tertiary/aromatic N) is 1. The van der Waals surface area contributed by atoms with Gasteiger partial charge in [0.05, 0.1) is 14.2 Å². The number of benzene rings is 1. The highest BCUT2D eigenvalue weighted by Gasteiger charge is 2.74. The molecule has 0 radical (unpaired) electrons. The van der Waals surface area contributed by atoms with Crippen LogP contribution in [0.3, 0.4) is 0 Å². The fourth-order valence-electron chi connectivity index (χ4n) is 3.90. The number of ketones is 1. The first-order valence-corrected chi connectivity index (χ1v) is 9.68. The number of amides is 2. The zero-order chi connectivity index (χ0) is 21.7. The number of carbonyl (C=O) groups excluding carboxylic acids is 3. The van der Waals surface area contributed by atoms with Crippen molar-refractivity contribution in [3.05, 3.63) is 23.8 Å². The lowest BCUT2D eigenvalue weighted by atomic mass is 9.81. The maximum Gasteiger partial charge on any atom is 0.327 e. The third-order valence-corrected chi connectivity index (χ3v) is 6.94. The lowest BCUT2D eigenvalue weighted by Gasteiger charge is -2.51. The predicted octanol–water partition coefficient (Wildman–Crippen LogP) is 0.908. The molecule has 2 amide bonds. The van der Waals surface area contributed by atoms with E-state index in [1.807, 2.05) is 0 Å². The Morgan fingerprint density at radius 3 is 2.17 bits per heavy atom. The molecular weight excluding hydrogens is 400 g/mol. The molecule has 0 aliphatic carbocycles. The molecule has 1 aromatic carbocycles. The van der Waals surface area contributed by atoms with Crippen LogP contribution in [0.25, 0.3) is 0 Å². The second kappa shape index (κ2) is 6.94. The summed E-state index contributed by atoms with van der Waals surface area (Å²) < 4.78 is 9.62. The van der Waals surface area contributed by atoms with Gasteiger partial charge in [-0.05, 0) is 32.9 Å². The van der Waals surface area contributed by atoms with E-state index in [4.69, 9.17) is 9.47 Å². The molecule has 0 aromatic heterocycles. The lowest BCUT2D eigenvalue weighted by Crippen LogP contribution is -2.82. The molecule has 3 atom stereocenters. The van der Waals surface area contributed by atoms with Crippen molar-refractivity contribution < 1.29 is 33.8 Å². The number of methoxy groups -OCH3 is 2. The topological polar surface area (TPSA) is 122 Å². The van der Waals surface area contributed by atoms with Crippen molar-refractivity contribution in [2.75, 3.05) is 14.2 Å². The van der Waals surface area contributed by atoms with Gasteiger partial charge in [-0.1, -0.05) is 6.07 Å². The highest BCUT2D eigenvalue weighted by molar-refractivity contribution is 8.01. The van der Waals surface area contributed by atoms with Gasteiger partial charge in [-0.25, -0.2) is 4.79 Å². The normalized spacial score (nSPS) is 26.9. The summed E-state index contributed by atoms with van der Waals surface area (Å²) in [5.41, 5.74) is -1.81. The Bertz CT molecular complexity index is 894. The Morgan fingerprint density at radius 2 is 1.72 bits per heavy atom.